The zero-order chi connectivity index (χ0) is 15.0. The van der Waals surface area contributed by atoms with Crippen molar-refractivity contribution in [1.82, 2.24) is 0 Å². The topological polar surface area (TPSA) is 101 Å². The van der Waals surface area contributed by atoms with E-state index in [2.05, 4.69) is 0 Å². The molecule has 1 rings (SSSR count). The van der Waals surface area contributed by atoms with E-state index in [1.165, 1.54) is 0 Å². The van der Waals surface area contributed by atoms with Gasteiger partial charge in [0.1, 0.15) is 11.0 Å². The van der Waals surface area contributed by atoms with E-state index in [1.807, 2.05) is 0 Å². The van der Waals surface area contributed by atoms with Crippen molar-refractivity contribution < 1.29 is 26.5 Å². The molecule has 19 heavy (non-hydrogen) atoms. The van der Waals surface area contributed by atoms with Gasteiger partial charge in [0, 0.05) is 16.7 Å². The first kappa shape index (κ1) is 15.2. The van der Waals surface area contributed by atoms with Gasteiger partial charge < -0.3 is 0 Å². The highest BCUT2D eigenvalue weighted by molar-refractivity contribution is 8.13. The van der Waals surface area contributed by atoms with Crippen molar-refractivity contribution in [3.8, 4) is 6.07 Å². The van der Waals surface area contributed by atoms with Crippen LogP contribution in [0.4, 0.5) is 18.9 Å². The second kappa shape index (κ2) is 4.67. The molecule has 0 unspecified atom stereocenters. The van der Waals surface area contributed by atoms with Gasteiger partial charge in [-0.2, -0.15) is 18.4 Å². The van der Waals surface area contributed by atoms with Crippen LogP contribution < -0.4 is 0 Å². The minimum absolute atomic E-state index is 0.189. The third kappa shape index (κ3) is 2.94. The molecule has 0 radical (unpaired) electrons. The molecule has 0 atom stereocenters. The molecule has 0 aliphatic rings. The van der Waals surface area contributed by atoms with Gasteiger partial charge in [0.2, 0.25) is 0 Å². The Hall–Kier alpha value is -1.86. The van der Waals surface area contributed by atoms with Crippen LogP contribution in [0.5, 0.6) is 0 Å². The Morgan fingerprint density at radius 2 is 1.89 bits per heavy atom. The lowest BCUT2D eigenvalue weighted by Gasteiger charge is -2.11. The summed E-state index contributed by atoms with van der Waals surface area (Å²) in [6.07, 6.45) is -5.13. The molecule has 0 saturated heterocycles. The van der Waals surface area contributed by atoms with E-state index in [4.69, 9.17) is 15.9 Å². The molecule has 0 heterocycles. The molecular weight excluding hydrogens is 313 g/mol. The Labute approximate surface area is 108 Å². The summed E-state index contributed by atoms with van der Waals surface area (Å²) in [7, 11) is -0.161. The predicted molar refractivity (Wildman–Crippen MR) is 55.9 cm³/mol. The fourth-order valence-electron chi connectivity index (χ4n) is 1.31. The molecule has 0 fully saturated rings. The van der Waals surface area contributed by atoms with Crippen LogP contribution in [0.3, 0.4) is 0 Å². The highest BCUT2D eigenvalue weighted by Gasteiger charge is 2.41. The number of nitriles is 1. The Kier molecular flexibility index (Phi) is 3.74. The summed E-state index contributed by atoms with van der Waals surface area (Å²) in [5, 5.41) is 19.2. The van der Waals surface area contributed by atoms with Crippen molar-refractivity contribution >= 4 is 25.4 Å². The molecule has 1 aromatic carbocycles. The molecule has 0 bridgehead atoms. The third-order valence-corrected chi connectivity index (χ3v) is 3.37. The predicted octanol–water partition coefficient (Wildman–Crippen LogP) is 2.41. The normalized spacial score (nSPS) is 11.9. The first-order valence-electron chi connectivity index (χ1n) is 4.23. The van der Waals surface area contributed by atoms with Gasteiger partial charge in [-0.05, 0) is 6.07 Å². The third-order valence-electron chi connectivity index (χ3n) is 1.99. The number of alkyl halides is 3. The molecule has 6 nitrogen and oxygen atoms in total. The van der Waals surface area contributed by atoms with Crippen molar-refractivity contribution in [3.63, 3.8) is 0 Å². The van der Waals surface area contributed by atoms with Crippen LogP contribution in [0.25, 0.3) is 0 Å². The molecule has 102 valence electrons. The smallest absolute Gasteiger partial charge is 0.258 e. The summed E-state index contributed by atoms with van der Waals surface area (Å²) >= 11 is 0. The number of hydrogen-bond donors (Lipinski definition) is 0. The molecule has 0 amide bonds. The average Bonchev–Trinajstić information content (AvgIpc) is 2.24. The van der Waals surface area contributed by atoms with Crippen molar-refractivity contribution in [3.05, 3.63) is 33.4 Å². The Morgan fingerprint density at radius 3 is 2.21 bits per heavy atom. The number of nitro benzene ring substituents is 1. The van der Waals surface area contributed by atoms with E-state index in [9.17, 15) is 31.7 Å². The molecule has 0 aliphatic heterocycles. The summed E-state index contributed by atoms with van der Waals surface area (Å²) in [6, 6.07) is 1.64. The number of halogens is 4. The molecule has 0 saturated carbocycles. The van der Waals surface area contributed by atoms with Crippen LogP contribution in [0.2, 0.25) is 0 Å². The van der Waals surface area contributed by atoms with E-state index < -0.39 is 41.9 Å². The number of nitrogens with zero attached hydrogens (tertiary/aromatic N) is 2. The Morgan fingerprint density at radius 1 is 1.37 bits per heavy atom. The SMILES string of the molecule is N#Cc1c([N+](=O)[O-])ccc(C(F)(F)F)c1S(=O)(=O)Cl. The Balaban J connectivity index is 3.95. The highest BCUT2D eigenvalue weighted by atomic mass is 35.7. The lowest BCUT2D eigenvalue weighted by atomic mass is 10.1. The quantitative estimate of drug-likeness (QED) is 0.474. The van der Waals surface area contributed by atoms with E-state index in [-0.39, 0.29) is 6.07 Å². The number of nitro groups is 1. The molecule has 11 heteroatoms. The number of rotatable bonds is 2. The van der Waals surface area contributed by atoms with Gasteiger partial charge in [-0.25, -0.2) is 8.42 Å². The zero-order valence-corrected chi connectivity index (χ0v) is 10.2. The molecule has 1 aromatic rings. The fourth-order valence-corrected chi connectivity index (χ4v) is 2.63. The summed E-state index contributed by atoms with van der Waals surface area (Å²) in [5.74, 6) is 0. The van der Waals surface area contributed by atoms with Gasteiger partial charge in [0.25, 0.3) is 14.7 Å². The van der Waals surface area contributed by atoms with Gasteiger partial charge >= 0.3 is 6.18 Å². The standard InChI is InChI=1S/C8H2ClF3N2O4S/c9-19(17,18)7-4(3-13)6(14(15)16)2-1-5(7)8(10,11)12/h1-2H. The summed E-state index contributed by atoms with van der Waals surface area (Å²) in [5.41, 5.74) is -4.06. The van der Waals surface area contributed by atoms with Crippen molar-refractivity contribution in [1.29, 1.82) is 5.26 Å². The lowest BCUT2D eigenvalue weighted by molar-refractivity contribution is -0.385. The summed E-state index contributed by atoms with van der Waals surface area (Å²) in [4.78, 5) is 7.77. The zero-order valence-electron chi connectivity index (χ0n) is 8.60. The largest absolute Gasteiger partial charge is 0.417 e. The number of hydrogen-bond acceptors (Lipinski definition) is 5. The minimum atomic E-state index is -5.13. The van der Waals surface area contributed by atoms with Gasteiger partial charge in [0.05, 0.1) is 10.5 Å². The maximum atomic E-state index is 12.6. The molecule has 0 spiro atoms. The van der Waals surface area contributed by atoms with E-state index in [1.54, 1.807) is 0 Å². The Bertz CT molecular complexity index is 693. The fraction of sp³-hybridized carbons (Fsp3) is 0.125. The first-order chi connectivity index (χ1) is 8.50. The molecule has 0 aromatic heterocycles. The first-order valence-corrected chi connectivity index (χ1v) is 6.54. The molecule has 0 aliphatic carbocycles. The summed E-state index contributed by atoms with van der Waals surface area (Å²) in [6.45, 7) is 0. The van der Waals surface area contributed by atoms with E-state index in [0.29, 0.717) is 6.07 Å². The average molecular weight is 315 g/mol. The molecular formula is C8H2ClF3N2O4S. The maximum Gasteiger partial charge on any atom is 0.417 e. The van der Waals surface area contributed by atoms with Crippen molar-refractivity contribution in [2.24, 2.45) is 0 Å². The lowest BCUT2D eigenvalue weighted by Crippen LogP contribution is -2.13. The van der Waals surface area contributed by atoms with Crippen LogP contribution >= 0.6 is 10.7 Å². The van der Waals surface area contributed by atoms with E-state index in [0.717, 1.165) is 6.07 Å². The van der Waals surface area contributed by atoms with Crippen LogP contribution in [-0.2, 0) is 15.2 Å². The second-order valence-corrected chi connectivity index (χ2v) is 5.64. The van der Waals surface area contributed by atoms with Crippen molar-refractivity contribution in [2.45, 2.75) is 11.1 Å². The van der Waals surface area contributed by atoms with Gasteiger partial charge in [-0.1, -0.05) is 0 Å². The monoisotopic (exact) mass is 314 g/mol. The maximum absolute atomic E-state index is 12.6. The number of benzene rings is 1. The van der Waals surface area contributed by atoms with Crippen LogP contribution in [0, 0.1) is 21.4 Å². The molecule has 0 N–H and O–H groups in total. The minimum Gasteiger partial charge on any atom is -0.258 e. The van der Waals surface area contributed by atoms with Gasteiger partial charge in [0.15, 0.2) is 5.56 Å². The van der Waals surface area contributed by atoms with Crippen LogP contribution in [0.1, 0.15) is 11.1 Å². The highest BCUT2D eigenvalue weighted by Crippen LogP contribution is 2.39. The van der Waals surface area contributed by atoms with Gasteiger partial charge in [-0.3, -0.25) is 10.1 Å². The summed E-state index contributed by atoms with van der Waals surface area (Å²) < 4.78 is 60.2. The van der Waals surface area contributed by atoms with Crippen LogP contribution in [0.15, 0.2) is 17.0 Å². The van der Waals surface area contributed by atoms with Crippen molar-refractivity contribution in [2.75, 3.05) is 0 Å². The van der Waals surface area contributed by atoms with Gasteiger partial charge in [-0.15, -0.1) is 0 Å². The second-order valence-electron chi connectivity index (χ2n) is 3.14. The van der Waals surface area contributed by atoms with E-state index >= 15 is 0 Å². The van der Waals surface area contributed by atoms with Crippen LogP contribution in [-0.4, -0.2) is 13.3 Å².